The van der Waals surface area contributed by atoms with E-state index in [0.717, 1.165) is 25.7 Å². The van der Waals surface area contributed by atoms with E-state index < -0.39 is 11.6 Å². The Morgan fingerprint density at radius 2 is 1.59 bits per heavy atom. The highest BCUT2D eigenvalue weighted by molar-refractivity contribution is 5.27. The van der Waals surface area contributed by atoms with Crippen LogP contribution in [-0.2, 0) is 9.47 Å². The number of hydrogen-bond donors (Lipinski definition) is 1. The lowest BCUT2D eigenvalue weighted by Gasteiger charge is -2.75. The standard InChI is InChI=1S/C19H28O3/c20-19-14-7-10-16(19)12-15-6-2-4-9-18(15,22-19)21-17(16)8-3-1-5-13(17)11-14/h13-15,20H,1-12H2/t13-,14-,15-,16+,17-,18-,19-/m0/s1. The van der Waals surface area contributed by atoms with Gasteiger partial charge in [-0.05, 0) is 57.3 Å². The molecular formula is C19H28O3. The molecular weight excluding hydrogens is 276 g/mol. The minimum absolute atomic E-state index is 0.0565. The average Bonchev–Trinajstić information content (AvgIpc) is 2.70. The van der Waals surface area contributed by atoms with Gasteiger partial charge in [-0.25, -0.2) is 0 Å². The van der Waals surface area contributed by atoms with Gasteiger partial charge in [-0.2, -0.15) is 0 Å². The van der Waals surface area contributed by atoms with Crippen molar-refractivity contribution in [3.05, 3.63) is 0 Å². The highest BCUT2D eigenvalue weighted by atomic mass is 16.8. The summed E-state index contributed by atoms with van der Waals surface area (Å²) in [5.41, 5.74) is -0.142. The molecule has 5 bridgehead atoms. The van der Waals surface area contributed by atoms with E-state index in [1.807, 2.05) is 0 Å². The summed E-state index contributed by atoms with van der Waals surface area (Å²) in [6.07, 6.45) is 14.5. The van der Waals surface area contributed by atoms with E-state index in [0.29, 0.717) is 17.8 Å². The maximum Gasteiger partial charge on any atom is 0.180 e. The normalized spacial score (nSPS) is 65.0. The topological polar surface area (TPSA) is 38.7 Å². The zero-order valence-electron chi connectivity index (χ0n) is 13.5. The summed E-state index contributed by atoms with van der Waals surface area (Å²) in [6, 6.07) is 0. The van der Waals surface area contributed by atoms with Gasteiger partial charge in [0.15, 0.2) is 11.6 Å². The Morgan fingerprint density at radius 1 is 0.773 bits per heavy atom. The Hall–Kier alpha value is -0.120. The van der Waals surface area contributed by atoms with Gasteiger partial charge in [0, 0.05) is 18.3 Å². The number of ether oxygens (including phenoxy) is 2. The molecule has 122 valence electrons. The average molecular weight is 304 g/mol. The Kier molecular flexibility index (Phi) is 2.25. The fourth-order valence-electron chi connectivity index (χ4n) is 8.04. The number of aliphatic hydroxyl groups is 1. The van der Waals surface area contributed by atoms with Crippen LogP contribution in [-0.4, -0.2) is 22.3 Å². The van der Waals surface area contributed by atoms with Gasteiger partial charge in [0.25, 0.3) is 0 Å². The molecule has 3 saturated heterocycles. The van der Waals surface area contributed by atoms with Crippen LogP contribution in [0.25, 0.3) is 0 Å². The van der Waals surface area contributed by atoms with Crippen molar-refractivity contribution >= 4 is 0 Å². The van der Waals surface area contributed by atoms with Crippen molar-refractivity contribution in [2.75, 3.05) is 0 Å². The van der Waals surface area contributed by atoms with Crippen LogP contribution in [0.5, 0.6) is 0 Å². The molecule has 0 aromatic rings. The maximum absolute atomic E-state index is 11.7. The quantitative estimate of drug-likeness (QED) is 0.741. The minimum atomic E-state index is -0.868. The van der Waals surface area contributed by atoms with Crippen LogP contribution < -0.4 is 0 Å². The predicted molar refractivity (Wildman–Crippen MR) is 80.9 cm³/mol. The lowest BCUT2D eigenvalue weighted by atomic mass is 9.46. The van der Waals surface area contributed by atoms with Gasteiger partial charge in [-0.1, -0.05) is 19.3 Å². The molecule has 22 heavy (non-hydrogen) atoms. The Labute approximate surface area is 132 Å². The monoisotopic (exact) mass is 304 g/mol. The van der Waals surface area contributed by atoms with Crippen LogP contribution in [0.2, 0.25) is 0 Å². The van der Waals surface area contributed by atoms with Crippen molar-refractivity contribution < 1.29 is 14.6 Å². The van der Waals surface area contributed by atoms with Crippen molar-refractivity contribution in [2.45, 2.75) is 94.2 Å². The second-order valence-corrected chi connectivity index (χ2v) is 9.24. The van der Waals surface area contributed by atoms with Gasteiger partial charge in [0.2, 0.25) is 0 Å². The van der Waals surface area contributed by atoms with E-state index in [9.17, 15) is 5.11 Å². The first-order valence-electron chi connectivity index (χ1n) is 9.77. The van der Waals surface area contributed by atoms with E-state index in [-0.39, 0.29) is 11.0 Å². The third-order valence-electron chi connectivity index (χ3n) is 8.78. The highest BCUT2D eigenvalue weighted by Gasteiger charge is 2.84. The van der Waals surface area contributed by atoms with Gasteiger partial charge in [0.05, 0.1) is 11.0 Å². The van der Waals surface area contributed by atoms with E-state index in [1.54, 1.807) is 0 Å². The third kappa shape index (κ3) is 1.14. The van der Waals surface area contributed by atoms with Crippen LogP contribution in [0.3, 0.4) is 0 Å². The SMILES string of the molecule is O[C@@]12O[C@@]34CCCC[C@H]3C[C@@]13CC[C@H]2C[C@@H]1CCCC[C@]13O4. The molecule has 0 radical (unpaired) electrons. The largest absolute Gasteiger partial charge is 0.365 e. The molecule has 3 aliphatic heterocycles. The minimum Gasteiger partial charge on any atom is -0.365 e. The molecule has 3 nitrogen and oxygen atoms in total. The summed E-state index contributed by atoms with van der Waals surface area (Å²) in [4.78, 5) is 0. The Morgan fingerprint density at radius 3 is 2.50 bits per heavy atom. The van der Waals surface area contributed by atoms with Gasteiger partial charge < -0.3 is 14.6 Å². The van der Waals surface area contributed by atoms with E-state index in [4.69, 9.17) is 9.47 Å². The molecule has 1 N–H and O–H groups in total. The van der Waals surface area contributed by atoms with Crippen LogP contribution >= 0.6 is 0 Å². The van der Waals surface area contributed by atoms with Crippen LogP contribution in [0, 0.1) is 23.2 Å². The first-order valence-corrected chi connectivity index (χ1v) is 9.77. The summed E-state index contributed by atoms with van der Waals surface area (Å²) < 4.78 is 13.6. The van der Waals surface area contributed by atoms with E-state index in [1.165, 1.54) is 51.4 Å². The van der Waals surface area contributed by atoms with Crippen molar-refractivity contribution in [3.8, 4) is 0 Å². The number of rotatable bonds is 0. The lowest BCUT2D eigenvalue weighted by Crippen LogP contribution is -2.82. The summed E-state index contributed by atoms with van der Waals surface area (Å²) in [7, 11) is 0. The predicted octanol–water partition coefficient (Wildman–Crippen LogP) is 3.74. The first-order chi connectivity index (χ1) is 10.6. The molecule has 0 amide bonds. The molecule has 3 heteroatoms. The summed E-state index contributed by atoms with van der Waals surface area (Å²) >= 11 is 0. The lowest BCUT2D eigenvalue weighted by molar-refractivity contribution is -0.548. The molecule has 0 unspecified atom stereocenters. The Bertz CT molecular complexity index is 535. The molecule has 3 heterocycles. The zero-order valence-corrected chi connectivity index (χ0v) is 13.5. The highest BCUT2D eigenvalue weighted by Crippen LogP contribution is 2.78. The van der Waals surface area contributed by atoms with Crippen molar-refractivity contribution in [2.24, 2.45) is 23.2 Å². The number of hydrogen-bond acceptors (Lipinski definition) is 3. The van der Waals surface area contributed by atoms with Crippen LogP contribution in [0.15, 0.2) is 0 Å². The molecule has 7 fully saturated rings. The van der Waals surface area contributed by atoms with Crippen molar-refractivity contribution in [1.29, 1.82) is 0 Å². The zero-order chi connectivity index (χ0) is 14.6. The van der Waals surface area contributed by atoms with Gasteiger partial charge in [-0.3, -0.25) is 0 Å². The van der Waals surface area contributed by atoms with Crippen molar-refractivity contribution in [3.63, 3.8) is 0 Å². The van der Waals surface area contributed by atoms with Crippen LogP contribution in [0.1, 0.15) is 77.0 Å². The van der Waals surface area contributed by atoms with Crippen molar-refractivity contribution in [1.82, 2.24) is 0 Å². The Balaban J connectivity index is 1.58. The second kappa shape index (κ2) is 3.75. The molecule has 7 aliphatic rings. The molecule has 7 rings (SSSR count). The first kappa shape index (κ1) is 13.2. The van der Waals surface area contributed by atoms with Gasteiger partial charge >= 0.3 is 0 Å². The van der Waals surface area contributed by atoms with E-state index >= 15 is 0 Å². The second-order valence-electron chi connectivity index (χ2n) is 9.24. The van der Waals surface area contributed by atoms with Crippen LogP contribution in [0.4, 0.5) is 0 Å². The summed E-state index contributed by atoms with van der Waals surface area (Å²) in [6.45, 7) is 0. The molecule has 3 spiro atoms. The van der Waals surface area contributed by atoms with Gasteiger partial charge in [0.1, 0.15) is 0 Å². The maximum atomic E-state index is 11.7. The molecule has 0 aromatic heterocycles. The summed E-state index contributed by atoms with van der Waals surface area (Å²) in [5, 5.41) is 11.7. The fraction of sp³-hybridized carbons (Fsp3) is 1.00. The molecule has 4 aliphatic carbocycles. The summed E-state index contributed by atoms with van der Waals surface area (Å²) in [5.74, 6) is 0.275. The molecule has 4 saturated carbocycles. The third-order valence-corrected chi connectivity index (χ3v) is 8.78. The smallest absolute Gasteiger partial charge is 0.180 e. The molecule has 7 atom stereocenters. The van der Waals surface area contributed by atoms with E-state index in [2.05, 4.69) is 0 Å². The van der Waals surface area contributed by atoms with Gasteiger partial charge in [-0.15, -0.1) is 0 Å². The molecule has 0 aromatic carbocycles. The fourth-order valence-corrected chi connectivity index (χ4v) is 8.04.